The number of carbonyl (C=O) groups is 2. The maximum Gasteiger partial charge on any atom is 0.334 e. The molecule has 1 atom stereocenters. The average Bonchev–Trinajstić information content (AvgIpc) is 2.34. The monoisotopic (exact) mass is 272 g/mol. The standard InChI is InChI=1S/C13H24N2O4/c1-13(2,3)9-4-6-15(7-5-9)12(19)14-8-10(16)11(17)18/h9-10,16H,4-8H2,1-3H3,(H,14,19)(H,17,18). The normalized spacial score (nSPS) is 19.1. The minimum atomic E-state index is -1.55. The largest absolute Gasteiger partial charge is 0.479 e. The van der Waals surface area contributed by atoms with E-state index in [1.165, 1.54) is 0 Å². The summed E-state index contributed by atoms with van der Waals surface area (Å²) in [5, 5.41) is 20.0. The summed E-state index contributed by atoms with van der Waals surface area (Å²) in [6.45, 7) is 7.71. The number of aliphatic carboxylic acids is 1. The number of likely N-dealkylation sites (tertiary alicyclic amines) is 1. The molecule has 1 aliphatic rings. The molecule has 0 bridgehead atoms. The highest BCUT2D eigenvalue weighted by molar-refractivity contribution is 5.76. The minimum absolute atomic E-state index is 0.252. The number of nitrogens with one attached hydrogen (secondary N) is 1. The van der Waals surface area contributed by atoms with E-state index in [-0.39, 0.29) is 18.0 Å². The quantitative estimate of drug-likeness (QED) is 0.712. The van der Waals surface area contributed by atoms with Crippen LogP contribution in [-0.4, -0.2) is 52.9 Å². The number of hydrogen-bond acceptors (Lipinski definition) is 3. The number of piperidine rings is 1. The van der Waals surface area contributed by atoms with Crippen LogP contribution in [0.25, 0.3) is 0 Å². The number of amides is 2. The van der Waals surface area contributed by atoms with Crippen LogP contribution in [0.4, 0.5) is 4.79 Å². The SMILES string of the molecule is CC(C)(C)C1CCN(C(=O)NCC(O)C(=O)O)CC1. The Kier molecular flexibility index (Phi) is 5.17. The zero-order valence-corrected chi connectivity index (χ0v) is 11.8. The molecule has 0 aromatic carbocycles. The van der Waals surface area contributed by atoms with Gasteiger partial charge in [0.25, 0.3) is 0 Å². The predicted molar refractivity (Wildman–Crippen MR) is 70.8 cm³/mol. The fourth-order valence-electron chi connectivity index (χ4n) is 2.33. The lowest BCUT2D eigenvalue weighted by molar-refractivity contribution is -0.146. The second kappa shape index (κ2) is 6.23. The fourth-order valence-corrected chi connectivity index (χ4v) is 2.33. The number of urea groups is 1. The Morgan fingerprint density at radius 1 is 1.32 bits per heavy atom. The van der Waals surface area contributed by atoms with E-state index in [9.17, 15) is 9.59 Å². The Balaban J connectivity index is 2.35. The number of carboxylic acids is 1. The van der Waals surface area contributed by atoms with Crippen LogP contribution in [-0.2, 0) is 4.79 Å². The van der Waals surface area contributed by atoms with Gasteiger partial charge in [0.2, 0.25) is 0 Å². The molecule has 19 heavy (non-hydrogen) atoms. The summed E-state index contributed by atoms with van der Waals surface area (Å²) < 4.78 is 0. The number of nitrogens with zero attached hydrogens (tertiary/aromatic N) is 1. The highest BCUT2D eigenvalue weighted by Crippen LogP contribution is 2.34. The molecule has 0 spiro atoms. The number of aliphatic hydroxyl groups excluding tert-OH is 1. The van der Waals surface area contributed by atoms with E-state index in [1.807, 2.05) is 0 Å². The smallest absolute Gasteiger partial charge is 0.334 e. The minimum Gasteiger partial charge on any atom is -0.479 e. The highest BCUT2D eigenvalue weighted by atomic mass is 16.4. The van der Waals surface area contributed by atoms with Gasteiger partial charge in [-0.3, -0.25) is 0 Å². The first-order valence-electron chi connectivity index (χ1n) is 6.65. The summed E-state index contributed by atoms with van der Waals surface area (Å²) in [6, 6.07) is -0.298. The molecular weight excluding hydrogens is 248 g/mol. The molecule has 1 fully saturated rings. The Morgan fingerprint density at radius 3 is 2.26 bits per heavy atom. The van der Waals surface area contributed by atoms with Crippen LogP contribution in [0.3, 0.4) is 0 Å². The third-order valence-corrected chi connectivity index (χ3v) is 3.74. The van der Waals surface area contributed by atoms with Gasteiger partial charge in [-0.15, -0.1) is 0 Å². The third kappa shape index (κ3) is 4.70. The van der Waals surface area contributed by atoms with E-state index in [2.05, 4.69) is 26.1 Å². The molecule has 0 aromatic heterocycles. The van der Waals surface area contributed by atoms with Gasteiger partial charge in [-0.05, 0) is 24.2 Å². The zero-order chi connectivity index (χ0) is 14.6. The third-order valence-electron chi connectivity index (χ3n) is 3.74. The molecule has 1 saturated heterocycles. The van der Waals surface area contributed by atoms with Crippen LogP contribution in [0.15, 0.2) is 0 Å². The van der Waals surface area contributed by atoms with Gasteiger partial charge in [0.05, 0.1) is 6.54 Å². The Morgan fingerprint density at radius 2 is 1.84 bits per heavy atom. The van der Waals surface area contributed by atoms with Gasteiger partial charge in [-0.2, -0.15) is 0 Å². The van der Waals surface area contributed by atoms with Crippen LogP contribution >= 0.6 is 0 Å². The molecule has 0 radical (unpaired) electrons. The predicted octanol–water partition coefficient (Wildman–Crippen LogP) is 0.900. The van der Waals surface area contributed by atoms with Crippen molar-refractivity contribution >= 4 is 12.0 Å². The maximum absolute atomic E-state index is 11.8. The molecule has 1 heterocycles. The Labute approximate surface area is 113 Å². The Hall–Kier alpha value is -1.30. The lowest BCUT2D eigenvalue weighted by Crippen LogP contribution is -2.48. The van der Waals surface area contributed by atoms with Crippen LogP contribution < -0.4 is 5.32 Å². The van der Waals surface area contributed by atoms with Gasteiger partial charge in [0.15, 0.2) is 6.10 Å². The van der Waals surface area contributed by atoms with Gasteiger partial charge in [-0.25, -0.2) is 9.59 Å². The van der Waals surface area contributed by atoms with Gasteiger partial charge in [0, 0.05) is 13.1 Å². The zero-order valence-electron chi connectivity index (χ0n) is 11.8. The van der Waals surface area contributed by atoms with Crippen molar-refractivity contribution < 1.29 is 19.8 Å². The van der Waals surface area contributed by atoms with Crippen molar-refractivity contribution in [1.29, 1.82) is 0 Å². The van der Waals surface area contributed by atoms with Crippen molar-refractivity contribution in [3.05, 3.63) is 0 Å². The molecular formula is C13H24N2O4. The van der Waals surface area contributed by atoms with Crippen LogP contribution in [0.5, 0.6) is 0 Å². The van der Waals surface area contributed by atoms with E-state index >= 15 is 0 Å². The van der Waals surface area contributed by atoms with Crippen molar-refractivity contribution in [2.24, 2.45) is 11.3 Å². The number of carbonyl (C=O) groups excluding carboxylic acids is 1. The van der Waals surface area contributed by atoms with E-state index in [4.69, 9.17) is 10.2 Å². The van der Waals surface area contributed by atoms with Crippen molar-refractivity contribution in [2.45, 2.75) is 39.7 Å². The van der Waals surface area contributed by atoms with Gasteiger partial charge in [-0.1, -0.05) is 20.8 Å². The average molecular weight is 272 g/mol. The number of aliphatic hydroxyl groups is 1. The van der Waals surface area contributed by atoms with Gasteiger partial charge >= 0.3 is 12.0 Å². The summed E-state index contributed by atoms with van der Waals surface area (Å²) >= 11 is 0. The molecule has 3 N–H and O–H groups in total. The number of hydrogen-bond donors (Lipinski definition) is 3. The highest BCUT2D eigenvalue weighted by Gasteiger charge is 2.30. The lowest BCUT2D eigenvalue weighted by atomic mass is 9.75. The van der Waals surface area contributed by atoms with E-state index in [1.54, 1.807) is 4.90 Å². The molecule has 0 saturated carbocycles. The van der Waals surface area contributed by atoms with Gasteiger partial charge in [0.1, 0.15) is 0 Å². The topological polar surface area (TPSA) is 89.9 Å². The molecule has 0 aliphatic carbocycles. The molecule has 2 amide bonds. The fraction of sp³-hybridized carbons (Fsp3) is 0.846. The summed E-state index contributed by atoms with van der Waals surface area (Å²) in [6.07, 6.45) is 0.368. The summed E-state index contributed by atoms with van der Waals surface area (Å²) in [5.41, 5.74) is 0.252. The molecule has 1 unspecified atom stereocenters. The van der Waals surface area contributed by atoms with E-state index < -0.39 is 12.1 Å². The van der Waals surface area contributed by atoms with Crippen molar-refractivity contribution in [3.8, 4) is 0 Å². The second-order valence-electron chi connectivity index (χ2n) is 6.17. The molecule has 6 heteroatoms. The molecule has 110 valence electrons. The molecule has 0 aromatic rings. The first-order chi connectivity index (χ1) is 8.71. The maximum atomic E-state index is 11.8. The Bertz CT molecular complexity index is 330. The van der Waals surface area contributed by atoms with Crippen molar-refractivity contribution in [3.63, 3.8) is 0 Å². The van der Waals surface area contributed by atoms with Gasteiger partial charge < -0.3 is 20.4 Å². The lowest BCUT2D eigenvalue weighted by Gasteiger charge is -2.38. The summed E-state index contributed by atoms with van der Waals surface area (Å²) in [7, 11) is 0. The van der Waals surface area contributed by atoms with E-state index in [0.717, 1.165) is 12.8 Å². The summed E-state index contributed by atoms with van der Waals surface area (Å²) in [4.78, 5) is 23.9. The number of carboxylic acid groups (broad SMARTS) is 1. The summed E-state index contributed by atoms with van der Waals surface area (Å²) in [5.74, 6) is -0.729. The molecule has 6 nitrogen and oxygen atoms in total. The van der Waals surface area contributed by atoms with E-state index in [0.29, 0.717) is 19.0 Å². The van der Waals surface area contributed by atoms with Crippen LogP contribution in [0, 0.1) is 11.3 Å². The molecule has 1 rings (SSSR count). The van der Waals surface area contributed by atoms with Crippen molar-refractivity contribution in [2.75, 3.05) is 19.6 Å². The molecule has 1 aliphatic heterocycles. The van der Waals surface area contributed by atoms with Crippen LogP contribution in [0.2, 0.25) is 0 Å². The van der Waals surface area contributed by atoms with Crippen LogP contribution in [0.1, 0.15) is 33.6 Å². The first kappa shape index (κ1) is 15.8. The van der Waals surface area contributed by atoms with Crippen molar-refractivity contribution in [1.82, 2.24) is 10.2 Å². The second-order valence-corrected chi connectivity index (χ2v) is 6.17. The number of rotatable bonds is 3. The first-order valence-corrected chi connectivity index (χ1v) is 6.65.